The zero-order chi connectivity index (χ0) is 35.3. The van der Waals surface area contributed by atoms with E-state index in [-0.39, 0.29) is 0 Å². The number of aromatic nitrogens is 3. The van der Waals surface area contributed by atoms with Gasteiger partial charge in [-0.2, -0.15) is 26.3 Å². The van der Waals surface area contributed by atoms with Crippen LogP contribution in [0.1, 0.15) is 70.9 Å². The van der Waals surface area contributed by atoms with Crippen LogP contribution in [0.2, 0.25) is 0 Å². The van der Waals surface area contributed by atoms with Crippen LogP contribution in [0.3, 0.4) is 0 Å². The predicted octanol–water partition coefficient (Wildman–Crippen LogP) is 9.20. The van der Waals surface area contributed by atoms with Crippen molar-refractivity contribution in [1.29, 1.82) is 0 Å². The molecule has 256 valence electrons. The minimum Gasteiger partial charge on any atom is -0.444 e. The van der Waals surface area contributed by atoms with Crippen molar-refractivity contribution in [1.82, 2.24) is 15.2 Å². The van der Waals surface area contributed by atoms with Crippen molar-refractivity contribution >= 4 is 17.6 Å². The van der Waals surface area contributed by atoms with E-state index in [2.05, 4.69) is 39.0 Å². The van der Waals surface area contributed by atoms with Gasteiger partial charge in [-0.25, -0.2) is 9.78 Å². The van der Waals surface area contributed by atoms with E-state index in [1.54, 1.807) is 50.3 Å². The summed E-state index contributed by atoms with van der Waals surface area (Å²) in [7, 11) is 0. The number of halogens is 6. The number of nitrogens with zero attached hydrogens (tertiary/aromatic N) is 3. The highest BCUT2D eigenvalue weighted by Crippen LogP contribution is 2.47. The Labute approximate surface area is 268 Å². The summed E-state index contributed by atoms with van der Waals surface area (Å²) in [5.74, 6) is -2.47. The maximum absolute atomic E-state index is 14.8. The van der Waals surface area contributed by atoms with Crippen molar-refractivity contribution in [2.75, 3.05) is 10.6 Å². The summed E-state index contributed by atoms with van der Waals surface area (Å²) < 4.78 is 104. The first-order valence-corrected chi connectivity index (χ1v) is 14.4. The van der Waals surface area contributed by atoms with E-state index < -0.39 is 82.8 Å². The maximum Gasteiger partial charge on any atom is 0.426 e. The first-order chi connectivity index (χ1) is 21.7. The molecule has 1 atom stereocenters. The quantitative estimate of drug-likeness (QED) is 0.137. The zero-order valence-corrected chi connectivity index (χ0v) is 26.6. The number of rotatable bonds is 13. The van der Waals surface area contributed by atoms with Gasteiger partial charge in [0.1, 0.15) is 11.4 Å². The molecule has 3 aromatic rings. The molecule has 9 nitrogen and oxygen atoms in total. The molecule has 3 rings (SSSR count). The van der Waals surface area contributed by atoms with Gasteiger partial charge in [0.25, 0.3) is 11.8 Å². The molecule has 0 saturated heterocycles. The predicted molar refractivity (Wildman–Crippen MR) is 163 cm³/mol. The van der Waals surface area contributed by atoms with E-state index in [4.69, 9.17) is 13.9 Å². The summed E-state index contributed by atoms with van der Waals surface area (Å²) >= 11 is 0. The number of carbonyl (C=O) groups is 1. The van der Waals surface area contributed by atoms with E-state index in [1.165, 1.54) is 20.8 Å². The second-order valence-electron chi connectivity index (χ2n) is 12.2. The summed E-state index contributed by atoms with van der Waals surface area (Å²) in [6.07, 6.45) is -8.76. The fourth-order valence-electron chi connectivity index (χ4n) is 4.34. The molecular weight excluding hydrogens is 632 g/mol. The largest absolute Gasteiger partial charge is 0.444 e. The number of hydrogen-bond acceptors (Lipinski definition) is 8. The van der Waals surface area contributed by atoms with Gasteiger partial charge in [0.05, 0.1) is 17.9 Å². The Morgan fingerprint density at radius 2 is 1.64 bits per heavy atom. The molecule has 15 heteroatoms. The Morgan fingerprint density at radius 3 is 2.19 bits per heavy atom. The van der Waals surface area contributed by atoms with Gasteiger partial charge in [-0.3, -0.25) is 5.32 Å². The number of carbonyl (C=O) groups excluding carboxylic acids is 1. The lowest BCUT2D eigenvalue weighted by molar-refractivity contribution is -0.295. The molecule has 0 bridgehead atoms. The van der Waals surface area contributed by atoms with Crippen LogP contribution in [-0.4, -0.2) is 38.6 Å². The maximum atomic E-state index is 14.8. The number of hydrogen-bond donors (Lipinski definition) is 2. The summed E-state index contributed by atoms with van der Waals surface area (Å²) in [4.78, 5) is 16.8. The first kappa shape index (κ1) is 37.1. The molecule has 0 fully saturated rings. The van der Waals surface area contributed by atoms with Crippen molar-refractivity contribution in [2.24, 2.45) is 0 Å². The van der Waals surface area contributed by atoms with Gasteiger partial charge < -0.3 is 19.2 Å². The minimum atomic E-state index is -5.12. The lowest BCUT2D eigenvalue weighted by Gasteiger charge is -2.31. The summed E-state index contributed by atoms with van der Waals surface area (Å²) in [5, 5.41) is 12.3. The molecule has 1 amide bonds. The molecule has 2 heterocycles. The first-order valence-electron chi connectivity index (χ1n) is 14.4. The molecule has 2 N–H and O–H groups in total. The number of amides is 1. The molecule has 0 saturated carbocycles. The number of allylic oxidation sites excluding steroid dienone is 1. The van der Waals surface area contributed by atoms with Crippen molar-refractivity contribution in [3.05, 3.63) is 78.7 Å². The second kappa shape index (κ2) is 14.2. The Balaban J connectivity index is 2.24. The van der Waals surface area contributed by atoms with Crippen LogP contribution in [0.15, 0.2) is 66.1 Å². The summed E-state index contributed by atoms with van der Waals surface area (Å²) in [6.45, 7) is 14.4. The van der Waals surface area contributed by atoms with Gasteiger partial charge >= 0.3 is 18.4 Å². The number of benzene rings is 1. The third kappa shape index (κ3) is 9.56. The molecule has 0 radical (unpaired) electrons. The van der Waals surface area contributed by atoms with E-state index in [9.17, 15) is 31.1 Å². The number of pyridine rings is 1. The van der Waals surface area contributed by atoms with Gasteiger partial charge in [-0.1, -0.05) is 42.5 Å². The van der Waals surface area contributed by atoms with E-state index in [1.807, 2.05) is 0 Å². The lowest BCUT2D eigenvalue weighted by atomic mass is 9.98. The van der Waals surface area contributed by atoms with Crippen LogP contribution < -0.4 is 10.6 Å². The van der Waals surface area contributed by atoms with Crippen molar-refractivity contribution in [2.45, 2.75) is 89.6 Å². The van der Waals surface area contributed by atoms with Crippen molar-refractivity contribution < 1.29 is 45.0 Å². The standard InChI is InChI=1S/C32H37F6N5O4/c1-8-10-17-29(6,7)41-24-21(31(33,34)35)18-22(39-27(44)47-28(3,4)5)23(40-24)25-42-43-26(46-25)30(16-9-2,32(36,37)38)45-19-20-14-12-11-13-15-20/h8-9,11-15,18H,1-2,10,16-17,19H2,3-7H3,(H,39,44)(H,40,41)/t30-/m0/s1. The summed E-state index contributed by atoms with van der Waals surface area (Å²) in [5.41, 5.74) is -7.22. The fourth-order valence-corrected chi connectivity index (χ4v) is 4.34. The lowest BCUT2D eigenvalue weighted by Crippen LogP contribution is -2.45. The molecule has 0 unspecified atom stereocenters. The normalized spacial score (nSPS) is 13.9. The molecule has 0 aliphatic heterocycles. The number of alkyl halides is 6. The van der Waals surface area contributed by atoms with Crippen LogP contribution in [0, 0.1) is 0 Å². The Hall–Kier alpha value is -4.40. The van der Waals surface area contributed by atoms with Gasteiger partial charge in [0.2, 0.25) is 5.60 Å². The highest BCUT2D eigenvalue weighted by molar-refractivity contribution is 5.90. The molecule has 2 aromatic heterocycles. The Kier molecular flexibility index (Phi) is 11.2. The molecule has 1 aromatic carbocycles. The van der Waals surface area contributed by atoms with Gasteiger partial charge in [0, 0.05) is 12.0 Å². The van der Waals surface area contributed by atoms with Crippen molar-refractivity contribution in [3.8, 4) is 11.6 Å². The summed E-state index contributed by atoms with van der Waals surface area (Å²) in [6, 6.07) is 8.59. The molecule has 0 aliphatic carbocycles. The zero-order valence-electron chi connectivity index (χ0n) is 26.6. The van der Waals surface area contributed by atoms with Gasteiger partial charge in [-0.15, -0.1) is 23.4 Å². The monoisotopic (exact) mass is 669 g/mol. The van der Waals surface area contributed by atoms with Crippen LogP contribution in [0.25, 0.3) is 11.6 Å². The average Bonchev–Trinajstić information content (AvgIpc) is 3.43. The Morgan fingerprint density at radius 1 is 0.979 bits per heavy atom. The number of nitrogens with one attached hydrogen (secondary N) is 2. The third-order valence-corrected chi connectivity index (χ3v) is 6.58. The van der Waals surface area contributed by atoms with Crippen molar-refractivity contribution in [3.63, 3.8) is 0 Å². The minimum absolute atomic E-state index is 0.349. The molecular formula is C32H37F6N5O4. The Bertz CT molecular complexity index is 1550. The third-order valence-electron chi connectivity index (χ3n) is 6.58. The fraction of sp³-hybridized carbons (Fsp3) is 0.438. The topological polar surface area (TPSA) is 111 Å². The van der Waals surface area contributed by atoms with Gasteiger partial charge in [0.15, 0.2) is 5.69 Å². The van der Waals surface area contributed by atoms with Gasteiger partial charge in [-0.05, 0) is 59.1 Å². The van der Waals surface area contributed by atoms with E-state index >= 15 is 0 Å². The number of anilines is 2. The SMILES string of the molecule is C=CCCC(C)(C)Nc1nc(-c2nnc([C@](CC=C)(OCc3ccccc3)C(F)(F)F)o2)c(NC(=O)OC(C)(C)C)cc1C(F)(F)F. The number of ether oxygens (including phenoxy) is 2. The molecule has 47 heavy (non-hydrogen) atoms. The molecule has 0 spiro atoms. The van der Waals surface area contributed by atoms with E-state index in [0.717, 1.165) is 6.08 Å². The van der Waals surface area contributed by atoms with Crippen LogP contribution in [0.5, 0.6) is 0 Å². The smallest absolute Gasteiger partial charge is 0.426 e. The van der Waals surface area contributed by atoms with Crippen LogP contribution >= 0.6 is 0 Å². The highest BCUT2D eigenvalue weighted by atomic mass is 19.4. The second-order valence-corrected chi connectivity index (χ2v) is 12.2. The van der Waals surface area contributed by atoms with Crippen LogP contribution in [0.4, 0.5) is 42.6 Å². The van der Waals surface area contributed by atoms with E-state index in [0.29, 0.717) is 24.5 Å². The highest BCUT2D eigenvalue weighted by Gasteiger charge is 2.61. The van der Waals surface area contributed by atoms with Crippen LogP contribution in [-0.2, 0) is 27.9 Å². The average molecular weight is 670 g/mol. The molecule has 0 aliphatic rings.